The summed E-state index contributed by atoms with van der Waals surface area (Å²) in [5, 5.41) is 28.6. The Morgan fingerprint density at radius 2 is 1.85 bits per heavy atom. The van der Waals surface area contributed by atoms with Crippen LogP contribution in [0.4, 0.5) is 4.79 Å². The lowest BCUT2D eigenvalue weighted by Gasteiger charge is -2.53. The van der Waals surface area contributed by atoms with Crippen molar-refractivity contribution in [3.8, 4) is 11.8 Å². The van der Waals surface area contributed by atoms with Gasteiger partial charge in [-0.2, -0.15) is 5.26 Å². The van der Waals surface area contributed by atoms with E-state index in [1.165, 1.54) is 4.90 Å². The summed E-state index contributed by atoms with van der Waals surface area (Å²) in [7, 11) is 0. The van der Waals surface area contributed by atoms with E-state index in [1.54, 1.807) is 24.3 Å². The molecule has 2 aliphatic rings. The van der Waals surface area contributed by atoms with Crippen LogP contribution in [0.2, 0.25) is 0 Å². The lowest BCUT2D eigenvalue weighted by molar-refractivity contribution is -0.0597. The number of hydrogen-bond donors (Lipinski definition) is 2. The van der Waals surface area contributed by atoms with Gasteiger partial charge in [0.2, 0.25) is 0 Å². The molecule has 1 aromatic rings. The van der Waals surface area contributed by atoms with Crippen molar-refractivity contribution < 1.29 is 19.7 Å². The second kappa shape index (κ2) is 8.15. The maximum Gasteiger partial charge on any atom is 0.407 e. The molecule has 2 fully saturated rings. The predicted octanol–water partition coefficient (Wildman–Crippen LogP) is 2.01. The van der Waals surface area contributed by atoms with Gasteiger partial charge in [-0.3, -0.25) is 4.90 Å². The Kier molecular flexibility index (Phi) is 5.88. The van der Waals surface area contributed by atoms with Crippen molar-refractivity contribution in [2.45, 2.75) is 38.5 Å². The zero-order valence-electron chi connectivity index (χ0n) is 15.8. The van der Waals surface area contributed by atoms with E-state index in [9.17, 15) is 15.0 Å². The monoisotopic (exact) mass is 373 g/mol. The highest BCUT2D eigenvalue weighted by Crippen LogP contribution is 2.37. The molecule has 1 aromatic carbocycles. The van der Waals surface area contributed by atoms with E-state index in [0.717, 1.165) is 6.42 Å². The number of rotatable bonds is 5. The van der Waals surface area contributed by atoms with Crippen molar-refractivity contribution in [1.82, 2.24) is 9.80 Å². The average molecular weight is 373 g/mol. The molecule has 7 heteroatoms. The van der Waals surface area contributed by atoms with Gasteiger partial charge < -0.3 is 19.8 Å². The number of fused-ring (bicyclic) bond motifs is 2. The summed E-state index contributed by atoms with van der Waals surface area (Å²) in [5.41, 5.74) is 0.570. The molecule has 0 radical (unpaired) electrons. The predicted molar refractivity (Wildman–Crippen MR) is 99.5 cm³/mol. The molecule has 4 unspecified atom stereocenters. The SMILES string of the molecule is CC1C2CC(CN(C(=O)O)C2)C(C)N1C[C@H](O)COc1ccc(C#N)cc1. The van der Waals surface area contributed by atoms with Gasteiger partial charge in [0.15, 0.2) is 0 Å². The summed E-state index contributed by atoms with van der Waals surface area (Å²) in [4.78, 5) is 15.2. The average Bonchev–Trinajstić information content (AvgIpc) is 2.68. The number of hydrogen-bond acceptors (Lipinski definition) is 5. The molecular formula is C20H27N3O4. The topological polar surface area (TPSA) is 97.0 Å². The number of carboxylic acid groups (broad SMARTS) is 1. The maximum atomic E-state index is 11.4. The molecule has 2 N–H and O–H groups in total. The van der Waals surface area contributed by atoms with Crippen LogP contribution in [0.25, 0.3) is 0 Å². The van der Waals surface area contributed by atoms with E-state index in [0.29, 0.717) is 42.8 Å². The summed E-state index contributed by atoms with van der Waals surface area (Å²) in [5.74, 6) is 1.21. The van der Waals surface area contributed by atoms with Crippen LogP contribution < -0.4 is 4.74 Å². The molecule has 0 saturated carbocycles. The Balaban J connectivity index is 1.56. The number of carbonyl (C=O) groups is 1. The molecule has 0 aromatic heterocycles. The van der Waals surface area contributed by atoms with Crippen molar-refractivity contribution in [2.75, 3.05) is 26.2 Å². The van der Waals surface area contributed by atoms with Crippen molar-refractivity contribution in [1.29, 1.82) is 5.26 Å². The fraction of sp³-hybridized carbons (Fsp3) is 0.600. The van der Waals surface area contributed by atoms with Crippen LogP contribution in [0.3, 0.4) is 0 Å². The third-order valence-electron chi connectivity index (χ3n) is 6.04. The van der Waals surface area contributed by atoms with E-state index >= 15 is 0 Å². The molecule has 27 heavy (non-hydrogen) atoms. The van der Waals surface area contributed by atoms with Crippen LogP contribution in [0.5, 0.6) is 5.75 Å². The van der Waals surface area contributed by atoms with E-state index < -0.39 is 12.2 Å². The first kappa shape index (κ1) is 19.5. The zero-order valence-corrected chi connectivity index (χ0v) is 15.8. The molecule has 2 saturated heterocycles. The molecule has 2 aliphatic heterocycles. The third-order valence-corrected chi connectivity index (χ3v) is 6.04. The number of ether oxygens (including phenoxy) is 1. The van der Waals surface area contributed by atoms with Gasteiger partial charge in [0.05, 0.1) is 11.6 Å². The minimum absolute atomic E-state index is 0.179. The van der Waals surface area contributed by atoms with Gasteiger partial charge >= 0.3 is 6.09 Å². The van der Waals surface area contributed by atoms with Gasteiger partial charge in [0.25, 0.3) is 0 Å². The first-order valence-electron chi connectivity index (χ1n) is 9.43. The Bertz CT molecular complexity index is 684. The minimum atomic E-state index is -0.839. The van der Waals surface area contributed by atoms with Crippen LogP contribution in [-0.2, 0) is 0 Å². The largest absolute Gasteiger partial charge is 0.491 e. The number of aliphatic hydroxyl groups excluding tert-OH is 1. The lowest BCUT2D eigenvalue weighted by Crippen LogP contribution is -2.62. The molecule has 5 atom stereocenters. The van der Waals surface area contributed by atoms with Crippen LogP contribution in [0, 0.1) is 23.2 Å². The molecule has 146 valence electrons. The summed E-state index contributed by atoms with van der Waals surface area (Å²) in [6.07, 6.45) is -0.436. The van der Waals surface area contributed by atoms with Gasteiger partial charge in [0.1, 0.15) is 18.5 Å². The molecule has 2 heterocycles. The lowest BCUT2D eigenvalue weighted by atomic mass is 9.76. The quantitative estimate of drug-likeness (QED) is 0.819. The second-order valence-corrected chi connectivity index (χ2v) is 7.72. The first-order chi connectivity index (χ1) is 12.9. The van der Waals surface area contributed by atoms with Gasteiger partial charge in [-0.05, 0) is 56.4 Å². The summed E-state index contributed by atoms with van der Waals surface area (Å²) < 4.78 is 5.65. The van der Waals surface area contributed by atoms with Crippen LogP contribution in [0.15, 0.2) is 24.3 Å². The van der Waals surface area contributed by atoms with Crippen molar-refractivity contribution in [3.63, 3.8) is 0 Å². The molecule has 0 spiro atoms. The second-order valence-electron chi connectivity index (χ2n) is 7.72. The summed E-state index contributed by atoms with van der Waals surface area (Å²) >= 11 is 0. The molecular weight excluding hydrogens is 346 g/mol. The van der Waals surface area contributed by atoms with E-state index in [4.69, 9.17) is 10.00 Å². The summed E-state index contributed by atoms with van der Waals surface area (Å²) in [6, 6.07) is 9.30. The number of benzene rings is 1. The minimum Gasteiger partial charge on any atom is -0.491 e. The van der Waals surface area contributed by atoms with Crippen LogP contribution in [0.1, 0.15) is 25.8 Å². The van der Waals surface area contributed by atoms with Crippen molar-refractivity contribution in [2.24, 2.45) is 11.8 Å². The number of amides is 1. The summed E-state index contributed by atoms with van der Waals surface area (Å²) in [6.45, 7) is 6.05. The van der Waals surface area contributed by atoms with Crippen LogP contribution >= 0.6 is 0 Å². The Labute approximate surface area is 159 Å². The highest BCUT2D eigenvalue weighted by atomic mass is 16.5. The Morgan fingerprint density at radius 3 is 2.37 bits per heavy atom. The normalized spacial score (nSPS) is 29.0. The number of piperidine rings is 2. The van der Waals surface area contributed by atoms with Crippen molar-refractivity contribution >= 4 is 6.09 Å². The van der Waals surface area contributed by atoms with Gasteiger partial charge in [0, 0.05) is 31.7 Å². The standard InChI is InChI=1S/C20H27N3O4/c1-13-16-7-17(10-22(9-16)20(25)26)14(2)23(13)11-18(24)12-27-19-5-3-15(8-21)4-6-19/h3-6,13-14,16-18,24H,7,9-12H2,1-2H3,(H,25,26)/t13?,14?,16?,17?,18-/m0/s1. The third kappa shape index (κ3) is 4.34. The smallest absolute Gasteiger partial charge is 0.407 e. The first-order valence-corrected chi connectivity index (χ1v) is 9.43. The number of β-amino-alcohol motifs (C(OH)–C–C–N with tert-alkyl or cyclic N) is 1. The number of nitrogens with zero attached hydrogens (tertiary/aromatic N) is 3. The van der Waals surface area contributed by atoms with E-state index in [2.05, 4.69) is 24.8 Å². The fourth-order valence-corrected chi connectivity index (χ4v) is 4.39. The molecule has 7 nitrogen and oxygen atoms in total. The number of aliphatic hydroxyl groups is 1. The highest BCUT2D eigenvalue weighted by molar-refractivity contribution is 5.65. The van der Waals surface area contributed by atoms with Crippen LogP contribution in [-0.4, -0.2) is 70.5 Å². The number of nitriles is 1. The van der Waals surface area contributed by atoms with Gasteiger partial charge in [-0.15, -0.1) is 0 Å². The van der Waals surface area contributed by atoms with E-state index in [1.807, 2.05) is 0 Å². The Morgan fingerprint density at radius 1 is 1.26 bits per heavy atom. The zero-order chi connectivity index (χ0) is 19.6. The van der Waals surface area contributed by atoms with Crippen molar-refractivity contribution in [3.05, 3.63) is 29.8 Å². The molecule has 0 aliphatic carbocycles. The van der Waals surface area contributed by atoms with Gasteiger partial charge in [-0.25, -0.2) is 4.79 Å². The van der Waals surface area contributed by atoms with Gasteiger partial charge in [-0.1, -0.05) is 0 Å². The maximum absolute atomic E-state index is 11.4. The van der Waals surface area contributed by atoms with E-state index in [-0.39, 0.29) is 18.7 Å². The number of likely N-dealkylation sites (tertiary alicyclic amines) is 2. The fourth-order valence-electron chi connectivity index (χ4n) is 4.39. The highest BCUT2D eigenvalue weighted by Gasteiger charge is 2.44. The molecule has 1 amide bonds. The Hall–Kier alpha value is -2.30. The molecule has 3 rings (SSSR count). The molecule has 2 bridgehead atoms.